The number of nitrogens with one attached hydrogen (secondary N) is 1. The molecule has 1 N–H and O–H groups in total. The fraction of sp³-hybridized carbons (Fsp3) is 0.733. The zero-order valence-electron chi connectivity index (χ0n) is 14.3. The average Bonchev–Trinajstić information content (AvgIpc) is 2.95. The zero-order valence-corrected chi connectivity index (χ0v) is 17.5. The molecule has 3 atom stereocenters. The highest BCUT2D eigenvalue weighted by Crippen LogP contribution is 2.33. The van der Waals surface area contributed by atoms with Crippen LogP contribution in [-0.2, 0) is 28.6 Å². The summed E-state index contributed by atoms with van der Waals surface area (Å²) in [4.78, 5) is 48.3. The number of carbonyl (C=O) groups excluding carboxylic acids is 4. The zero-order chi connectivity index (χ0) is 19.5. The standard InChI is InChI=1S/C15H20Br2N2O7/c1-8(20)24-4-11-10(25-9(2)21)3-12(26-11)19-7-15(5-16,6-17)13(22)18-14(19)23/h10-12H,3-7H2,1-2H3,(H,18,22,23)/t10-,11+,12+/m0/s1. The first kappa shape index (κ1) is 21.1. The molecule has 2 saturated heterocycles. The van der Waals surface area contributed by atoms with Crippen LogP contribution in [0.3, 0.4) is 0 Å². The fourth-order valence-corrected chi connectivity index (χ4v) is 4.62. The summed E-state index contributed by atoms with van der Waals surface area (Å²) >= 11 is 6.65. The Balaban J connectivity index is 2.15. The Kier molecular flexibility index (Phi) is 7.03. The van der Waals surface area contributed by atoms with Gasteiger partial charge in [0.1, 0.15) is 25.0 Å². The van der Waals surface area contributed by atoms with Crippen LogP contribution in [0, 0.1) is 5.41 Å². The quantitative estimate of drug-likeness (QED) is 0.427. The molecule has 2 aliphatic rings. The van der Waals surface area contributed by atoms with Crippen molar-refractivity contribution in [2.24, 2.45) is 5.41 Å². The minimum absolute atomic E-state index is 0.0970. The van der Waals surface area contributed by atoms with E-state index in [1.807, 2.05) is 0 Å². The van der Waals surface area contributed by atoms with Crippen LogP contribution in [-0.4, -0.2) is 71.0 Å². The molecule has 0 aromatic heterocycles. The topological polar surface area (TPSA) is 111 Å². The number of amides is 3. The van der Waals surface area contributed by atoms with Gasteiger partial charge in [0.05, 0.1) is 5.41 Å². The normalized spacial score (nSPS) is 27.8. The smallest absolute Gasteiger partial charge is 0.326 e. The summed E-state index contributed by atoms with van der Waals surface area (Å²) in [5.74, 6) is -1.36. The van der Waals surface area contributed by atoms with E-state index in [0.29, 0.717) is 10.7 Å². The number of hydrogen-bond acceptors (Lipinski definition) is 7. The highest BCUT2D eigenvalue weighted by atomic mass is 79.9. The summed E-state index contributed by atoms with van der Waals surface area (Å²) in [6.07, 6.45) is -1.86. The van der Waals surface area contributed by atoms with E-state index in [1.165, 1.54) is 18.7 Å². The molecule has 11 heteroatoms. The maximum atomic E-state index is 12.3. The van der Waals surface area contributed by atoms with E-state index in [1.54, 1.807) is 0 Å². The molecule has 9 nitrogen and oxygen atoms in total. The molecule has 2 aliphatic heterocycles. The Bertz CT molecular complexity index is 597. The van der Waals surface area contributed by atoms with Gasteiger partial charge in [-0.25, -0.2) is 4.79 Å². The van der Waals surface area contributed by atoms with Gasteiger partial charge in [0.2, 0.25) is 5.91 Å². The van der Waals surface area contributed by atoms with E-state index in [0.717, 1.165) is 0 Å². The molecular weight excluding hydrogens is 480 g/mol. The lowest BCUT2D eigenvalue weighted by atomic mass is 9.89. The number of carbonyl (C=O) groups is 4. The molecule has 26 heavy (non-hydrogen) atoms. The van der Waals surface area contributed by atoms with Crippen LogP contribution in [0.4, 0.5) is 4.79 Å². The number of halogens is 2. The summed E-state index contributed by atoms with van der Waals surface area (Å²) in [7, 11) is 0. The van der Waals surface area contributed by atoms with Crippen LogP contribution in [0.2, 0.25) is 0 Å². The van der Waals surface area contributed by atoms with Crippen LogP contribution < -0.4 is 5.32 Å². The molecule has 2 rings (SSSR count). The fourth-order valence-electron chi connectivity index (χ4n) is 2.82. The van der Waals surface area contributed by atoms with Crippen molar-refractivity contribution in [3.05, 3.63) is 0 Å². The number of ether oxygens (including phenoxy) is 3. The molecule has 2 heterocycles. The van der Waals surface area contributed by atoms with Gasteiger partial charge in [0.25, 0.3) is 0 Å². The third-order valence-corrected chi connectivity index (χ3v) is 6.39. The van der Waals surface area contributed by atoms with E-state index in [4.69, 9.17) is 14.2 Å². The van der Waals surface area contributed by atoms with E-state index in [-0.39, 0.29) is 25.5 Å². The number of urea groups is 1. The molecule has 0 aromatic carbocycles. The maximum Gasteiger partial charge on any atom is 0.326 e. The lowest BCUT2D eigenvalue weighted by molar-refractivity contribution is -0.157. The van der Waals surface area contributed by atoms with Crippen molar-refractivity contribution < 1.29 is 33.4 Å². The van der Waals surface area contributed by atoms with Gasteiger partial charge in [-0.05, 0) is 0 Å². The van der Waals surface area contributed by atoms with Crippen molar-refractivity contribution in [1.82, 2.24) is 10.2 Å². The third-order valence-electron chi connectivity index (χ3n) is 4.24. The Labute approximate surface area is 167 Å². The van der Waals surface area contributed by atoms with E-state index in [9.17, 15) is 19.2 Å². The second-order valence-electron chi connectivity index (χ2n) is 6.25. The lowest BCUT2D eigenvalue weighted by Gasteiger charge is -2.41. The Morgan fingerprint density at radius 1 is 1.27 bits per heavy atom. The molecule has 146 valence electrons. The molecule has 0 unspecified atom stereocenters. The molecule has 0 radical (unpaired) electrons. The second-order valence-corrected chi connectivity index (χ2v) is 7.37. The minimum Gasteiger partial charge on any atom is -0.463 e. The number of esters is 2. The molecule has 0 saturated carbocycles. The van der Waals surface area contributed by atoms with Gasteiger partial charge in [-0.1, -0.05) is 31.9 Å². The monoisotopic (exact) mass is 498 g/mol. The van der Waals surface area contributed by atoms with Crippen LogP contribution in [0.15, 0.2) is 0 Å². The van der Waals surface area contributed by atoms with Gasteiger partial charge in [0, 0.05) is 37.5 Å². The molecule has 0 bridgehead atoms. The Morgan fingerprint density at radius 2 is 1.92 bits per heavy atom. The van der Waals surface area contributed by atoms with Crippen molar-refractivity contribution in [3.8, 4) is 0 Å². The van der Waals surface area contributed by atoms with E-state index < -0.39 is 41.8 Å². The Hall–Kier alpha value is -1.20. The second kappa shape index (κ2) is 8.66. The van der Waals surface area contributed by atoms with Crippen LogP contribution >= 0.6 is 31.9 Å². The third kappa shape index (κ3) is 4.55. The SMILES string of the molecule is CC(=O)OC[C@H]1O[C@@H](N2CC(CBr)(CBr)C(=O)NC2=O)C[C@@H]1OC(C)=O. The van der Waals surface area contributed by atoms with Crippen molar-refractivity contribution >= 4 is 55.7 Å². The van der Waals surface area contributed by atoms with Crippen LogP contribution in [0.25, 0.3) is 0 Å². The van der Waals surface area contributed by atoms with Crippen molar-refractivity contribution in [3.63, 3.8) is 0 Å². The summed E-state index contributed by atoms with van der Waals surface area (Å²) in [5, 5.41) is 3.02. The predicted molar refractivity (Wildman–Crippen MR) is 95.7 cm³/mol. The highest BCUT2D eigenvalue weighted by molar-refractivity contribution is 9.09. The minimum atomic E-state index is -0.845. The highest BCUT2D eigenvalue weighted by Gasteiger charge is 2.50. The first-order chi connectivity index (χ1) is 12.2. The molecule has 0 aliphatic carbocycles. The first-order valence-corrected chi connectivity index (χ1v) is 10.2. The molecule has 2 fully saturated rings. The van der Waals surface area contributed by atoms with E-state index in [2.05, 4.69) is 37.2 Å². The number of alkyl halides is 2. The van der Waals surface area contributed by atoms with Gasteiger partial charge in [-0.2, -0.15) is 0 Å². The molecular formula is C15H20Br2N2O7. The number of rotatable bonds is 6. The molecule has 0 spiro atoms. The van der Waals surface area contributed by atoms with Gasteiger partial charge in [0.15, 0.2) is 0 Å². The summed E-state index contributed by atoms with van der Waals surface area (Å²) < 4.78 is 16.0. The van der Waals surface area contributed by atoms with Crippen molar-refractivity contribution in [1.29, 1.82) is 0 Å². The number of hydrogen-bond donors (Lipinski definition) is 1. The lowest BCUT2D eigenvalue weighted by Crippen LogP contribution is -2.64. The molecule has 0 aromatic rings. The Morgan fingerprint density at radius 3 is 2.46 bits per heavy atom. The average molecular weight is 500 g/mol. The first-order valence-electron chi connectivity index (χ1n) is 7.92. The predicted octanol–water partition coefficient (Wildman–Crippen LogP) is 0.924. The van der Waals surface area contributed by atoms with Crippen LogP contribution in [0.5, 0.6) is 0 Å². The summed E-state index contributed by atoms with van der Waals surface area (Å²) in [5.41, 5.74) is -0.845. The summed E-state index contributed by atoms with van der Waals surface area (Å²) in [6.45, 7) is 2.56. The largest absolute Gasteiger partial charge is 0.463 e. The van der Waals surface area contributed by atoms with Gasteiger partial charge < -0.3 is 14.2 Å². The van der Waals surface area contributed by atoms with Crippen LogP contribution in [0.1, 0.15) is 20.3 Å². The summed E-state index contributed by atoms with van der Waals surface area (Å²) in [6, 6.07) is -0.577. The van der Waals surface area contributed by atoms with Crippen molar-refractivity contribution in [2.75, 3.05) is 23.8 Å². The van der Waals surface area contributed by atoms with Gasteiger partial charge in [-0.15, -0.1) is 0 Å². The van der Waals surface area contributed by atoms with Crippen molar-refractivity contribution in [2.45, 2.75) is 38.7 Å². The number of imide groups is 1. The number of nitrogens with zero attached hydrogens (tertiary/aromatic N) is 1. The van der Waals surface area contributed by atoms with Gasteiger partial charge in [-0.3, -0.25) is 24.6 Å². The van der Waals surface area contributed by atoms with E-state index >= 15 is 0 Å². The molecule has 3 amide bonds. The van der Waals surface area contributed by atoms with Gasteiger partial charge >= 0.3 is 18.0 Å². The maximum absolute atomic E-state index is 12.3.